The molecular formula is C14H21BrFNO. The van der Waals surface area contributed by atoms with E-state index in [0.29, 0.717) is 18.7 Å². The summed E-state index contributed by atoms with van der Waals surface area (Å²) in [6.45, 7) is 7.16. The highest BCUT2D eigenvalue weighted by molar-refractivity contribution is 9.10. The Balaban J connectivity index is 2.40. The van der Waals surface area contributed by atoms with Crippen molar-refractivity contribution in [3.05, 3.63) is 34.1 Å². The van der Waals surface area contributed by atoms with E-state index in [1.54, 1.807) is 12.1 Å². The molecule has 2 N–H and O–H groups in total. The van der Waals surface area contributed by atoms with Gasteiger partial charge in [0.25, 0.3) is 0 Å². The van der Waals surface area contributed by atoms with Crippen LogP contribution in [0.15, 0.2) is 22.7 Å². The third-order valence-electron chi connectivity index (χ3n) is 2.55. The summed E-state index contributed by atoms with van der Waals surface area (Å²) in [6.07, 6.45) is 0.321. The molecule has 0 aliphatic carbocycles. The van der Waals surface area contributed by atoms with Gasteiger partial charge < -0.3 is 10.4 Å². The first-order valence-corrected chi connectivity index (χ1v) is 6.90. The molecule has 0 radical (unpaired) electrons. The van der Waals surface area contributed by atoms with Crippen LogP contribution in [0.5, 0.6) is 0 Å². The van der Waals surface area contributed by atoms with E-state index in [-0.39, 0.29) is 11.2 Å². The summed E-state index contributed by atoms with van der Waals surface area (Å²) in [6, 6.07) is 4.86. The van der Waals surface area contributed by atoms with Crippen LogP contribution >= 0.6 is 15.9 Å². The van der Waals surface area contributed by atoms with Crippen LogP contribution in [0.4, 0.5) is 4.39 Å². The largest absolute Gasteiger partial charge is 0.392 e. The van der Waals surface area contributed by atoms with Crippen LogP contribution in [0.3, 0.4) is 0 Å². The summed E-state index contributed by atoms with van der Waals surface area (Å²) in [5, 5.41) is 12.9. The first kappa shape index (κ1) is 15.6. The van der Waals surface area contributed by atoms with Crippen LogP contribution in [0.1, 0.15) is 32.8 Å². The molecule has 0 saturated heterocycles. The van der Waals surface area contributed by atoms with Gasteiger partial charge in [-0.3, -0.25) is 0 Å². The van der Waals surface area contributed by atoms with Gasteiger partial charge in [-0.15, -0.1) is 0 Å². The van der Waals surface area contributed by atoms with E-state index < -0.39 is 6.10 Å². The Kier molecular flexibility index (Phi) is 5.76. The van der Waals surface area contributed by atoms with Crippen molar-refractivity contribution in [1.29, 1.82) is 0 Å². The van der Waals surface area contributed by atoms with E-state index in [2.05, 4.69) is 42.0 Å². The second kappa shape index (κ2) is 6.64. The van der Waals surface area contributed by atoms with Gasteiger partial charge in [0.05, 0.1) is 6.10 Å². The molecule has 1 aromatic carbocycles. The van der Waals surface area contributed by atoms with Gasteiger partial charge in [0.15, 0.2) is 0 Å². The molecule has 0 fully saturated rings. The average Bonchev–Trinajstić information content (AvgIpc) is 2.20. The maximum atomic E-state index is 13.4. The monoisotopic (exact) mass is 317 g/mol. The lowest BCUT2D eigenvalue weighted by Crippen LogP contribution is -2.30. The molecular weight excluding hydrogens is 297 g/mol. The van der Waals surface area contributed by atoms with Crippen molar-refractivity contribution in [2.24, 2.45) is 5.41 Å². The topological polar surface area (TPSA) is 32.3 Å². The molecule has 1 atom stereocenters. The fourth-order valence-corrected chi connectivity index (χ4v) is 2.24. The number of aliphatic hydroxyl groups excluding tert-OH is 1. The Morgan fingerprint density at radius 1 is 1.39 bits per heavy atom. The summed E-state index contributed by atoms with van der Waals surface area (Å²) in [7, 11) is 0. The highest BCUT2D eigenvalue weighted by Gasteiger charge is 2.16. The minimum Gasteiger partial charge on any atom is -0.392 e. The fourth-order valence-electron chi connectivity index (χ4n) is 1.83. The third kappa shape index (κ3) is 5.94. The van der Waals surface area contributed by atoms with E-state index in [1.165, 1.54) is 6.07 Å². The highest BCUT2D eigenvalue weighted by atomic mass is 79.9. The molecule has 0 aliphatic heterocycles. The average molecular weight is 318 g/mol. The quantitative estimate of drug-likeness (QED) is 0.871. The molecule has 18 heavy (non-hydrogen) atoms. The molecule has 1 aromatic rings. The lowest BCUT2D eigenvalue weighted by atomic mass is 9.89. The van der Waals surface area contributed by atoms with Crippen LogP contribution in [-0.2, 0) is 6.54 Å². The minimum atomic E-state index is -0.403. The maximum absolute atomic E-state index is 13.4. The van der Waals surface area contributed by atoms with Crippen molar-refractivity contribution in [2.75, 3.05) is 6.54 Å². The summed E-state index contributed by atoms with van der Waals surface area (Å²) in [4.78, 5) is 0. The lowest BCUT2D eigenvalue weighted by molar-refractivity contribution is 0.119. The van der Waals surface area contributed by atoms with Crippen molar-refractivity contribution < 1.29 is 9.50 Å². The molecule has 0 heterocycles. The van der Waals surface area contributed by atoms with E-state index in [9.17, 15) is 9.50 Å². The standard InChI is InChI=1S/C14H21BrFNO/c1-14(2,3)7-12(18)9-17-8-10-6-11(15)4-5-13(10)16/h4-6,12,17-18H,7-9H2,1-3H3. The van der Waals surface area contributed by atoms with Gasteiger partial charge in [-0.2, -0.15) is 0 Å². The maximum Gasteiger partial charge on any atom is 0.127 e. The Morgan fingerprint density at radius 3 is 2.67 bits per heavy atom. The van der Waals surface area contributed by atoms with Gasteiger partial charge >= 0.3 is 0 Å². The van der Waals surface area contributed by atoms with Crippen molar-refractivity contribution in [3.63, 3.8) is 0 Å². The molecule has 1 unspecified atom stereocenters. The number of aliphatic hydroxyl groups is 1. The van der Waals surface area contributed by atoms with Gasteiger partial charge in [0.1, 0.15) is 5.82 Å². The smallest absolute Gasteiger partial charge is 0.127 e. The van der Waals surface area contributed by atoms with Gasteiger partial charge in [-0.25, -0.2) is 4.39 Å². The Morgan fingerprint density at radius 2 is 2.06 bits per heavy atom. The zero-order valence-electron chi connectivity index (χ0n) is 11.1. The van der Waals surface area contributed by atoms with E-state index in [0.717, 1.165) is 10.9 Å². The third-order valence-corrected chi connectivity index (χ3v) is 3.04. The normalized spacial score (nSPS) is 13.7. The molecule has 4 heteroatoms. The molecule has 0 spiro atoms. The predicted octanol–water partition coefficient (Wildman–Crippen LogP) is 3.47. The Labute approximate surface area is 117 Å². The van der Waals surface area contributed by atoms with Gasteiger partial charge in [-0.05, 0) is 30.0 Å². The second-order valence-electron chi connectivity index (χ2n) is 5.79. The molecule has 1 rings (SSSR count). The van der Waals surface area contributed by atoms with Gasteiger partial charge in [0.2, 0.25) is 0 Å². The predicted molar refractivity (Wildman–Crippen MR) is 75.9 cm³/mol. The molecule has 0 saturated carbocycles. The van der Waals surface area contributed by atoms with Crippen LogP contribution in [0, 0.1) is 11.2 Å². The number of nitrogens with one attached hydrogen (secondary N) is 1. The van der Waals surface area contributed by atoms with Crippen molar-refractivity contribution in [3.8, 4) is 0 Å². The summed E-state index contributed by atoms with van der Waals surface area (Å²) < 4.78 is 14.3. The summed E-state index contributed by atoms with van der Waals surface area (Å²) >= 11 is 3.31. The zero-order chi connectivity index (χ0) is 13.8. The molecule has 0 bridgehead atoms. The second-order valence-corrected chi connectivity index (χ2v) is 6.70. The summed E-state index contributed by atoms with van der Waals surface area (Å²) in [5.74, 6) is -0.226. The lowest BCUT2D eigenvalue weighted by Gasteiger charge is -2.22. The number of rotatable bonds is 5. The van der Waals surface area contributed by atoms with Gasteiger partial charge in [-0.1, -0.05) is 36.7 Å². The van der Waals surface area contributed by atoms with Crippen LogP contribution in [0.2, 0.25) is 0 Å². The number of hydrogen-bond donors (Lipinski definition) is 2. The molecule has 2 nitrogen and oxygen atoms in total. The van der Waals surface area contributed by atoms with E-state index in [4.69, 9.17) is 0 Å². The number of benzene rings is 1. The van der Waals surface area contributed by atoms with Crippen LogP contribution in [0.25, 0.3) is 0 Å². The van der Waals surface area contributed by atoms with Crippen molar-refractivity contribution >= 4 is 15.9 Å². The number of hydrogen-bond acceptors (Lipinski definition) is 2. The number of halogens is 2. The van der Waals surface area contributed by atoms with Crippen molar-refractivity contribution in [2.45, 2.75) is 39.8 Å². The molecule has 102 valence electrons. The minimum absolute atomic E-state index is 0.0993. The van der Waals surface area contributed by atoms with Crippen LogP contribution in [-0.4, -0.2) is 17.8 Å². The van der Waals surface area contributed by atoms with E-state index in [1.807, 2.05) is 0 Å². The summed E-state index contributed by atoms with van der Waals surface area (Å²) in [5.41, 5.74) is 0.703. The fraction of sp³-hybridized carbons (Fsp3) is 0.571. The molecule has 0 aliphatic rings. The zero-order valence-corrected chi connectivity index (χ0v) is 12.7. The van der Waals surface area contributed by atoms with E-state index >= 15 is 0 Å². The van der Waals surface area contributed by atoms with Gasteiger partial charge in [0, 0.05) is 23.1 Å². The van der Waals surface area contributed by atoms with Crippen molar-refractivity contribution in [1.82, 2.24) is 5.32 Å². The highest BCUT2D eigenvalue weighted by Crippen LogP contribution is 2.20. The van der Waals surface area contributed by atoms with Crippen LogP contribution < -0.4 is 5.32 Å². The first-order chi connectivity index (χ1) is 8.28. The SMILES string of the molecule is CC(C)(C)CC(O)CNCc1cc(Br)ccc1F. The first-order valence-electron chi connectivity index (χ1n) is 6.10. The molecule has 0 amide bonds. The molecule has 0 aromatic heterocycles. The Hall–Kier alpha value is -0.450. The Bertz CT molecular complexity index is 390.